The van der Waals surface area contributed by atoms with E-state index in [0.717, 1.165) is 12.1 Å². The van der Waals surface area contributed by atoms with Crippen molar-refractivity contribution in [3.63, 3.8) is 0 Å². The molecule has 0 unspecified atom stereocenters. The minimum absolute atomic E-state index is 0.0745. The molecule has 138 valence electrons. The summed E-state index contributed by atoms with van der Waals surface area (Å²) in [6, 6.07) is 10.8. The second-order valence-corrected chi connectivity index (χ2v) is 6.93. The number of halogens is 3. The average molecular weight is 397 g/mol. The zero-order valence-corrected chi connectivity index (χ0v) is 15.7. The van der Waals surface area contributed by atoms with Crippen LogP contribution in [0, 0.1) is 5.82 Å². The van der Waals surface area contributed by atoms with Crippen molar-refractivity contribution >= 4 is 29.3 Å². The molecule has 0 spiro atoms. The fraction of sp³-hybridized carbons (Fsp3) is 0.316. The first-order chi connectivity index (χ1) is 12.5. The predicted molar refractivity (Wildman–Crippen MR) is 101 cm³/mol. The van der Waals surface area contributed by atoms with E-state index < -0.39 is 6.09 Å². The van der Waals surface area contributed by atoms with Gasteiger partial charge in [0.1, 0.15) is 11.6 Å². The Kier molecular flexibility index (Phi) is 6.01. The number of hydrogen-bond donors (Lipinski definition) is 1. The van der Waals surface area contributed by atoms with Crippen molar-refractivity contribution in [3.05, 3.63) is 63.9 Å². The van der Waals surface area contributed by atoms with E-state index in [1.165, 1.54) is 24.3 Å². The summed E-state index contributed by atoms with van der Waals surface area (Å²) < 4.78 is 18.4. The molecular weight excluding hydrogens is 378 g/mol. The number of nitrogens with one attached hydrogen (secondary N) is 1. The molecule has 3 rings (SSSR count). The summed E-state index contributed by atoms with van der Waals surface area (Å²) in [4.78, 5) is 14.3. The molecular formula is C19H19Cl2FN2O2. The van der Waals surface area contributed by atoms with Gasteiger partial charge in [-0.25, -0.2) is 9.18 Å². The SMILES string of the molecule is CCN(C(=O)Oc1ccc(F)cc1)[C@@H]1CNC[C@H]1c1ccc(Cl)c(Cl)c1. The molecule has 0 saturated carbocycles. The van der Waals surface area contributed by atoms with E-state index in [1.807, 2.05) is 19.1 Å². The highest BCUT2D eigenvalue weighted by Crippen LogP contribution is 2.32. The van der Waals surface area contributed by atoms with Crippen LogP contribution in [0.25, 0.3) is 0 Å². The van der Waals surface area contributed by atoms with Crippen LogP contribution >= 0.6 is 23.2 Å². The van der Waals surface area contributed by atoms with Crippen LogP contribution in [0.2, 0.25) is 10.0 Å². The zero-order valence-electron chi connectivity index (χ0n) is 14.2. The van der Waals surface area contributed by atoms with Gasteiger partial charge in [0.15, 0.2) is 0 Å². The van der Waals surface area contributed by atoms with E-state index in [-0.39, 0.29) is 17.8 Å². The molecule has 1 saturated heterocycles. The quantitative estimate of drug-likeness (QED) is 0.813. The normalized spacial score (nSPS) is 19.4. The Morgan fingerprint density at radius 2 is 1.92 bits per heavy atom. The number of carbonyl (C=O) groups excluding carboxylic acids is 1. The van der Waals surface area contributed by atoms with Crippen molar-refractivity contribution in [2.24, 2.45) is 0 Å². The smallest absolute Gasteiger partial charge is 0.410 e. The van der Waals surface area contributed by atoms with Crippen LogP contribution in [0.4, 0.5) is 9.18 Å². The van der Waals surface area contributed by atoms with E-state index >= 15 is 0 Å². The van der Waals surface area contributed by atoms with Gasteiger partial charge >= 0.3 is 6.09 Å². The Morgan fingerprint density at radius 1 is 1.19 bits per heavy atom. The molecule has 0 aromatic heterocycles. The molecule has 1 N–H and O–H groups in total. The lowest BCUT2D eigenvalue weighted by molar-refractivity contribution is 0.134. The van der Waals surface area contributed by atoms with Gasteiger partial charge in [0.2, 0.25) is 0 Å². The Bertz CT molecular complexity index is 786. The van der Waals surface area contributed by atoms with E-state index in [9.17, 15) is 9.18 Å². The number of ether oxygens (including phenoxy) is 1. The molecule has 1 fully saturated rings. The fourth-order valence-corrected chi connectivity index (χ4v) is 3.54. The Balaban J connectivity index is 1.78. The number of hydrogen-bond acceptors (Lipinski definition) is 3. The summed E-state index contributed by atoms with van der Waals surface area (Å²) in [7, 11) is 0. The molecule has 0 aliphatic carbocycles. The van der Waals surface area contributed by atoms with Gasteiger partial charge in [-0.05, 0) is 48.9 Å². The maximum atomic E-state index is 13.0. The summed E-state index contributed by atoms with van der Waals surface area (Å²) in [6.45, 7) is 3.76. The zero-order chi connectivity index (χ0) is 18.7. The Hall–Kier alpha value is -1.82. The van der Waals surface area contributed by atoms with Crippen molar-refractivity contribution in [2.45, 2.75) is 18.9 Å². The maximum absolute atomic E-state index is 13.0. The summed E-state index contributed by atoms with van der Waals surface area (Å²) >= 11 is 12.2. The fourth-order valence-electron chi connectivity index (χ4n) is 3.24. The number of amides is 1. The molecule has 2 aromatic rings. The van der Waals surface area contributed by atoms with Gasteiger partial charge in [0, 0.05) is 25.6 Å². The first-order valence-electron chi connectivity index (χ1n) is 8.39. The van der Waals surface area contributed by atoms with Crippen LogP contribution in [0.3, 0.4) is 0 Å². The highest BCUT2D eigenvalue weighted by molar-refractivity contribution is 6.42. The molecule has 1 amide bonds. The van der Waals surface area contributed by atoms with Crippen LogP contribution < -0.4 is 10.1 Å². The van der Waals surface area contributed by atoms with Gasteiger partial charge in [-0.1, -0.05) is 29.3 Å². The summed E-state index contributed by atoms with van der Waals surface area (Å²) in [5.41, 5.74) is 1.02. The summed E-state index contributed by atoms with van der Waals surface area (Å²) in [5.74, 6) is 0.00852. The maximum Gasteiger partial charge on any atom is 0.415 e. The minimum Gasteiger partial charge on any atom is -0.410 e. The summed E-state index contributed by atoms with van der Waals surface area (Å²) in [6.07, 6.45) is -0.460. The molecule has 2 aromatic carbocycles. The molecule has 7 heteroatoms. The number of carbonyl (C=O) groups is 1. The first kappa shape index (κ1) is 19.0. The third-order valence-corrected chi connectivity index (χ3v) is 5.29. The molecule has 1 heterocycles. The van der Waals surface area contributed by atoms with E-state index in [1.54, 1.807) is 11.0 Å². The van der Waals surface area contributed by atoms with Crippen molar-refractivity contribution in [1.29, 1.82) is 0 Å². The monoisotopic (exact) mass is 396 g/mol. The molecule has 0 bridgehead atoms. The van der Waals surface area contributed by atoms with Crippen LogP contribution in [0.1, 0.15) is 18.4 Å². The predicted octanol–water partition coefficient (Wildman–Crippen LogP) is 4.71. The van der Waals surface area contributed by atoms with Crippen molar-refractivity contribution < 1.29 is 13.9 Å². The Morgan fingerprint density at radius 3 is 2.58 bits per heavy atom. The highest BCUT2D eigenvalue weighted by atomic mass is 35.5. The third-order valence-electron chi connectivity index (χ3n) is 4.55. The number of likely N-dealkylation sites (N-methyl/N-ethyl adjacent to an activating group) is 1. The molecule has 0 radical (unpaired) electrons. The van der Waals surface area contributed by atoms with Crippen LogP contribution in [-0.4, -0.2) is 36.7 Å². The van der Waals surface area contributed by atoms with Crippen molar-refractivity contribution in [3.8, 4) is 5.75 Å². The molecule has 26 heavy (non-hydrogen) atoms. The number of benzene rings is 2. The van der Waals surface area contributed by atoms with Crippen molar-refractivity contribution in [1.82, 2.24) is 10.2 Å². The highest BCUT2D eigenvalue weighted by Gasteiger charge is 2.36. The van der Waals surface area contributed by atoms with Crippen LogP contribution in [0.5, 0.6) is 5.75 Å². The van der Waals surface area contributed by atoms with E-state index in [4.69, 9.17) is 27.9 Å². The van der Waals surface area contributed by atoms with Gasteiger partial charge in [-0.3, -0.25) is 0 Å². The minimum atomic E-state index is -0.460. The largest absolute Gasteiger partial charge is 0.415 e. The number of rotatable bonds is 4. The van der Waals surface area contributed by atoms with Crippen molar-refractivity contribution in [2.75, 3.05) is 19.6 Å². The second kappa shape index (κ2) is 8.25. The first-order valence-corrected chi connectivity index (χ1v) is 9.15. The Labute approximate surface area is 161 Å². The lowest BCUT2D eigenvalue weighted by Crippen LogP contribution is -2.45. The number of nitrogens with zero attached hydrogens (tertiary/aromatic N) is 1. The molecule has 1 aliphatic heterocycles. The van der Waals surface area contributed by atoms with E-state index in [2.05, 4.69) is 5.32 Å². The van der Waals surface area contributed by atoms with Gasteiger partial charge in [-0.15, -0.1) is 0 Å². The van der Waals surface area contributed by atoms with Gasteiger partial charge in [0.05, 0.1) is 16.1 Å². The molecule has 4 nitrogen and oxygen atoms in total. The standard InChI is InChI=1S/C19H19Cl2FN2O2/c1-2-24(19(25)26-14-6-4-13(22)5-7-14)18-11-23-10-15(18)12-3-8-16(20)17(21)9-12/h3-9,15,18,23H,2,10-11H2,1H3/t15-,18+/m0/s1. The van der Waals surface area contributed by atoms with Crippen LogP contribution in [0.15, 0.2) is 42.5 Å². The average Bonchev–Trinajstić information content (AvgIpc) is 3.09. The molecule has 2 atom stereocenters. The van der Waals surface area contributed by atoms with Gasteiger partial charge < -0.3 is 15.0 Å². The van der Waals surface area contributed by atoms with E-state index in [0.29, 0.717) is 28.9 Å². The second-order valence-electron chi connectivity index (χ2n) is 6.11. The van der Waals surface area contributed by atoms with Crippen LogP contribution in [-0.2, 0) is 0 Å². The van der Waals surface area contributed by atoms with Gasteiger partial charge in [-0.2, -0.15) is 0 Å². The van der Waals surface area contributed by atoms with Gasteiger partial charge in [0.25, 0.3) is 0 Å². The molecule has 1 aliphatic rings. The lowest BCUT2D eigenvalue weighted by Gasteiger charge is -2.31. The topological polar surface area (TPSA) is 41.6 Å². The lowest BCUT2D eigenvalue weighted by atomic mass is 9.93. The third kappa shape index (κ3) is 4.11. The summed E-state index contributed by atoms with van der Waals surface area (Å²) in [5, 5.41) is 4.31.